The zero-order valence-electron chi connectivity index (χ0n) is 8.33. The molecule has 2 aliphatic carbocycles. The number of aliphatic hydroxyl groups excluding tert-OH is 1. The second kappa shape index (κ2) is 2.27. The summed E-state index contributed by atoms with van der Waals surface area (Å²) in [6.45, 7) is 5.61. The molecule has 0 spiro atoms. The Morgan fingerprint density at radius 2 is 2.08 bits per heavy atom. The van der Waals surface area contributed by atoms with Gasteiger partial charge in [0.15, 0.2) is 0 Å². The van der Waals surface area contributed by atoms with E-state index in [1.807, 2.05) is 20.8 Å². The molecule has 3 atom stereocenters. The first-order chi connectivity index (χ1) is 5.85. The number of hydrogen-bond donors (Lipinski definition) is 1. The summed E-state index contributed by atoms with van der Waals surface area (Å²) in [6, 6.07) is 0. The van der Waals surface area contributed by atoms with Gasteiger partial charge in [0.05, 0.1) is 11.5 Å². The van der Waals surface area contributed by atoms with E-state index in [1.165, 1.54) is 0 Å². The lowest BCUT2D eigenvalue weighted by atomic mass is 9.82. The molecule has 13 heavy (non-hydrogen) atoms. The van der Waals surface area contributed by atoms with Gasteiger partial charge in [0.2, 0.25) is 0 Å². The first-order valence-electron chi connectivity index (χ1n) is 4.77. The van der Waals surface area contributed by atoms with Gasteiger partial charge in [-0.2, -0.15) is 0 Å². The Bertz CT molecular complexity index is 253. The number of hydrogen-bond acceptors (Lipinski definition) is 3. The van der Waals surface area contributed by atoms with Crippen LogP contribution in [0, 0.1) is 11.3 Å². The van der Waals surface area contributed by atoms with E-state index in [9.17, 15) is 9.90 Å². The van der Waals surface area contributed by atoms with Crippen LogP contribution in [0.25, 0.3) is 0 Å². The van der Waals surface area contributed by atoms with Gasteiger partial charge in [-0.15, -0.1) is 0 Å². The highest BCUT2D eigenvalue weighted by Crippen LogP contribution is 2.68. The summed E-state index contributed by atoms with van der Waals surface area (Å²) in [5.41, 5.74) is -0.688. The van der Waals surface area contributed by atoms with Gasteiger partial charge in [-0.25, -0.2) is 0 Å². The number of rotatable bonds is 1. The van der Waals surface area contributed by atoms with Gasteiger partial charge in [-0.1, -0.05) is 0 Å². The lowest BCUT2D eigenvalue weighted by Crippen LogP contribution is -2.40. The molecule has 2 saturated carbocycles. The maximum absolute atomic E-state index is 11.6. The van der Waals surface area contributed by atoms with Crippen LogP contribution in [0.5, 0.6) is 0 Å². The standard InChI is InChI=1S/C10H16O3/c1-9(2,3)13-8(12)10-4-6(10)7(11)5-10/h6-7,11H,4-5H2,1-3H3/t6-,7+,10-/m1/s1. The predicted molar refractivity (Wildman–Crippen MR) is 47.0 cm³/mol. The molecule has 0 amide bonds. The molecule has 0 radical (unpaired) electrons. The van der Waals surface area contributed by atoms with Gasteiger partial charge >= 0.3 is 5.97 Å². The van der Waals surface area contributed by atoms with Gasteiger partial charge < -0.3 is 9.84 Å². The molecule has 0 aliphatic heterocycles. The van der Waals surface area contributed by atoms with Gasteiger partial charge in [0.25, 0.3) is 0 Å². The summed E-state index contributed by atoms with van der Waals surface area (Å²) in [4.78, 5) is 11.6. The van der Waals surface area contributed by atoms with Crippen molar-refractivity contribution in [2.24, 2.45) is 11.3 Å². The second-order valence-electron chi connectivity index (χ2n) is 5.24. The fraction of sp³-hybridized carbons (Fsp3) is 0.900. The highest BCUT2D eigenvalue weighted by molar-refractivity contribution is 5.83. The van der Waals surface area contributed by atoms with Gasteiger partial charge in [-0.05, 0) is 33.6 Å². The maximum Gasteiger partial charge on any atom is 0.313 e. The fourth-order valence-electron chi connectivity index (χ4n) is 2.13. The van der Waals surface area contributed by atoms with E-state index in [0.717, 1.165) is 6.42 Å². The molecule has 2 fully saturated rings. The minimum Gasteiger partial charge on any atom is -0.460 e. The summed E-state index contributed by atoms with van der Waals surface area (Å²) in [7, 11) is 0. The molecule has 0 aromatic heterocycles. The molecule has 2 rings (SSSR count). The third-order valence-corrected chi connectivity index (χ3v) is 2.98. The molecule has 2 aliphatic rings. The minimum absolute atomic E-state index is 0.115. The minimum atomic E-state index is -0.403. The van der Waals surface area contributed by atoms with Crippen LogP contribution in [0.4, 0.5) is 0 Å². The van der Waals surface area contributed by atoms with Crippen molar-refractivity contribution in [3.8, 4) is 0 Å². The van der Waals surface area contributed by atoms with Crippen molar-refractivity contribution in [3.05, 3.63) is 0 Å². The van der Waals surface area contributed by atoms with Crippen molar-refractivity contribution in [1.29, 1.82) is 0 Å². The van der Waals surface area contributed by atoms with E-state index in [2.05, 4.69) is 0 Å². The Balaban J connectivity index is 1.94. The topological polar surface area (TPSA) is 46.5 Å². The van der Waals surface area contributed by atoms with E-state index in [4.69, 9.17) is 4.74 Å². The molecule has 0 aromatic rings. The van der Waals surface area contributed by atoms with Crippen molar-refractivity contribution in [2.45, 2.75) is 45.3 Å². The number of fused-ring (bicyclic) bond motifs is 1. The van der Waals surface area contributed by atoms with Crippen LogP contribution in [-0.4, -0.2) is 22.8 Å². The average Bonchev–Trinajstić information content (AvgIpc) is 2.53. The van der Waals surface area contributed by atoms with Crippen molar-refractivity contribution in [3.63, 3.8) is 0 Å². The quantitative estimate of drug-likeness (QED) is 0.621. The third kappa shape index (κ3) is 1.26. The number of carbonyl (C=O) groups is 1. The summed E-state index contributed by atoms with van der Waals surface area (Å²) in [5.74, 6) is 0.0812. The molecule has 0 saturated heterocycles. The van der Waals surface area contributed by atoms with Crippen LogP contribution in [0.3, 0.4) is 0 Å². The van der Waals surface area contributed by atoms with Crippen LogP contribution in [0.15, 0.2) is 0 Å². The molecule has 3 heteroatoms. The zero-order chi connectivity index (χ0) is 9.85. The van der Waals surface area contributed by atoms with Crippen molar-refractivity contribution >= 4 is 5.97 Å². The average molecular weight is 184 g/mol. The highest BCUT2D eigenvalue weighted by atomic mass is 16.6. The SMILES string of the molecule is CC(C)(C)OC(=O)[C@@]12C[C@@H]1[C@@H](O)C2. The van der Waals surface area contributed by atoms with Crippen LogP contribution in [-0.2, 0) is 9.53 Å². The second-order valence-corrected chi connectivity index (χ2v) is 5.24. The van der Waals surface area contributed by atoms with Gasteiger partial charge in [0, 0.05) is 5.92 Å². The maximum atomic E-state index is 11.6. The van der Waals surface area contributed by atoms with Crippen LogP contribution in [0.1, 0.15) is 33.6 Å². The van der Waals surface area contributed by atoms with Crippen molar-refractivity contribution in [1.82, 2.24) is 0 Å². The normalized spacial score (nSPS) is 41.8. The summed E-state index contributed by atoms with van der Waals surface area (Å²) in [5, 5.41) is 9.26. The number of aliphatic hydroxyl groups is 1. The van der Waals surface area contributed by atoms with Gasteiger partial charge in [-0.3, -0.25) is 4.79 Å². The molecule has 0 heterocycles. The van der Waals surface area contributed by atoms with E-state index in [-0.39, 0.29) is 23.4 Å². The molecule has 3 nitrogen and oxygen atoms in total. The zero-order valence-corrected chi connectivity index (χ0v) is 8.33. The molecular weight excluding hydrogens is 168 g/mol. The first kappa shape index (κ1) is 9.00. The third-order valence-electron chi connectivity index (χ3n) is 2.98. The Kier molecular flexibility index (Phi) is 1.57. The summed E-state index contributed by atoms with van der Waals surface area (Å²) in [6.07, 6.45) is 1.17. The number of esters is 1. The van der Waals surface area contributed by atoms with Crippen LogP contribution < -0.4 is 0 Å². The number of carbonyl (C=O) groups excluding carboxylic acids is 1. The predicted octanol–water partition coefficient (Wildman–Crippen LogP) is 1.10. The molecular formula is C10H16O3. The Hall–Kier alpha value is -0.570. The highest BCUT2D eigenvalue weighted by Gasteiger charge is 2.72. The monoisotopic (exact) mass is 184 g/mol. The van der Waals surface area contributed by atoms with E-state index in [1.54, 1.807) is 0 Å². The number of ether oxygens (including phenoxy) is 1. The fourth-order valence-corrected chi connectivity index (χ4v) is 2.13. The van der Waals surface area contributed by atoms with Crippen molar-refractivity contribution < 1.29 is 14.6 Å². The Morgan fingerprint density at radius 3 is 2.38 bits per heavy atom. The Morgan fingerprint density at radius 1 is 1.46 bits per heavy atom. The van der Waals surface area contributed by atoms with Crippen LogP contribution in [0.2, 0.25) is 0 Å². The molecule has 0 aromatic carbocycles. The van der Waals surface area contributed by atoms with E-state index in [0.29, 0.717) is 6.42 Å². The lowest BCUT2D eigenvalue weighted by molar-refractivity contribution is -0.169. The first-order valence-corrected chi connectivity index (χ1v) is 4.77. The lowest BCUT2D eigenvalue weighted by Gasteiger charge is -2.31. The van der Waals surface area contributed by atoms with Crippen LogP contribution >= 0.6 is 0 Å². The molecule has 0 bridgehead atoms. The van der Waals surface area contributed by atoms with Gasteiger partial charge in [0.1, 0.15) is 5.60 Å². The van der Waals surface area contributed by atoms with Crippen molar-refractivity contribution in [2.75, 3.05) is 0 Å². The summed E-state index contributed by atoms with van der Waals surface area (Å²) >= 11 is 0. The molecule has 74 valence electrons. The smallest absolute Gasteiger partial charge is 0.313 e. The Labute approximate surface area is 78.1 Å². The summed E-state index contributed by atoms with van der Waals surface area (Å²) < 4.78 is 5.28. The molecule has 0 unspecified atom stereocenters. The van der Waals surface area contributed by atoms with E-state index >= 15 is 0 Å². The van der Waals surface area contributed by atoms with E-state index < -0.39 is 5.60 Å². The largest absolute Gasteiger partial charge is 0.460 e. The molecule has 1 N–H and O–H groups in total.